The molecule has 0 rings (SSSR count). The van der Waals surface area contributed by atoms with Gasteiger partial charge in [-0.1, -0.05) is 6.92 Å². The summed E-state index contributed by atoms with van der Waals surface area (Å²) in [5.74, 6) is -1.68. The highest BCUT2D eigenvalue weighted by Crippen LogP contribution is 2.12. The van der Waals surface area contributed by atoms with Crippen LogP contribution in [-0.2, 0) is 19.1 Å². The number of rotatable bonds is 8. The highest BCUT2D eigenvalue weighted by molar-refractivity contribution is 5.83. The predicted molar refractivity (Wildman–Crippen MR) is 70.7 cm³/mol. The quantitative estimate of drug-likeness (QED) is 0.687. The van der Waals surface area contributed by atoms with Crippen LogP contribution in [0, 0.1) is 5.92 Å². The van der Waals surface area contributed by atoms with E-state index in [-0.39, 0.29) is 24.6 Å². The Morgan fingerprint density at radius 1 is 1.11 bits per heavy atom. The molecule has 0 bridgehead atoms. The average Bonchev–Trinajstić information content (AvgIpc) is 2.23. The predicted octanol–water partition coefficient (Wildman–Crippen LogP) is 2.57. The number of ether oxygens (including phenoxy) is 1. The molecule has 0 heterocycles. The molecule has 0 aliphatic carbocycles. The Balaban J connectivity index is 3.76. The molecule has 0 aromatic rings. The first-order valence-electron chi connectivity index (χ1n) is 6.58. The minimum absolute atomic E-state index is 0.0246. The van der Waals surface area contributed by atoms with Gasteiger partial charge in [-0.15, -0.1) is 0 Å². The van der Waals surface area contributed by atoms with Gasteiger partial charge >= 0.3 is 11.9 Å². The van der Waals surface area contributed by atoms with Crippen molar-refractivity contribution in [3.8, 4) is 0 Å². The minimum Gasteiger partial charge on any atom is -0.481 e. The molecule has 0 fully saturated rings. The van der Waals surface area contributed by atoms with Crippen LogP contribution in [-0.4, -0.2) is 28.4 Å². The average molecular weight is 272 g/mol. The molecule has 0 aromatic heterocycles. The molecule has 0 radical (unpaired) electrons. The van der Waals surface area contributed by atoms with Crippen molar-refractivity contribution < 1.29 is 24.2 Å². The van der Waals surface area contributed by atoms with E-state index in [1.54, 1.807) is 27.7 Å². The summed E-state index contributed by atoms with van der Waals surface area (Å²) < 4.78 is 5.09. The molecule has 1 N–H and O–H groups in total. The molecule has 5 heteroatoms. The minimum atomic E-state index is -0.846. The Labute approximate surface area is 114 Å². The summed E-state index contributed by atoms with van der Waals surface area (Å²) in [6, 6.07) is 0. The number of ketones is 1. The van der Waals surface area contributed by atoms with E-state index in [0.29, 0.717) is 19.3 Å². The maximum atomic E-state index is 11.5. The van der Waals surface area contributed by atoms with Crippen molar-refractivity contribution in [3.05, 3.63) is 0 Å². The van der Waals surface area contributed by atoms with Gasteiger partial charge in [0.15, 0.2) is 0 Å². The lowest BCUT2D eigenvalue weighted by Crippen LogP contribution is -2.24. The molecule has 0 aliphatic rings. The number of aliphatic carboxylic acids is 1. The maximum absolute atomic E-state index is 11.5. The fraction of sp³-hybridized carbons (Fsp3) is 0.786. The van der Waals surface area contributed by atoms with E-state index in [4.69, 9.17) is 9.84 Å². The second-order valence-corrected chi connectivity index (χ2v) is 5.76. The van der Waals surface area contributed by atoms with E-state index < -0.39 is 17.5 Å². The van der Waals surface area contributed by atoms with Crippen LogP contribution in [0.2, 0.25) is 0 Å². The Hall–Kier alpha value is -1.39. The second kappa shape index (κ2) is 7.92. The van der Waals surface area contributed by atoms with Crippen LogP contribution in [0.3, 0.4) is 0 Å². The number of carboxylic acids is 1. The standard InChI is InChI=1S/C14H24O5/c1-10(13(17)18)6-5-7-11(15)8-9-12(16)19-14(2,3)4/h10H,5-9H2,1-4H3,(H,17,18). The number of Topliss-reactive ketones (excluding diaryl/α,β-unsaturated/α-hetero) is 1. The molecule has 0 aliphatic heterocycles. The molecule has 0 amide bonds. The first kappa shape index (κ1) is 17.6. The van der Waals surface area contributed by atoms with Crippen LogP contribution in [0.4, 0.5) is 0 Å². The van der Waals surface area contributed by atoms with Crippen LogP contribution in [0.25, 0.3) is 0 Å². The fourth-order valence-electron chi connectivity index (χ4n) is 1.49. The van der Waals surface area contributed by atoms with Gasteiger partial charge < -0.3 is 9.84 Å². The molecular weight excluding hydrogens is 248 g/mol. The molecule has 19 heavy (non-hydrogen) atoms. The largest absolute Gasteiger partial charge is 0.481 e. The SMILES string of the molecule is CC(CCCC(=O)CCC(=O)OC(C)(C)C)C(=O)O. The Kier molecular flexibility index (Phi) is 7.34. The zero-order chi connectivity index (χ0) is 15.1. The van der Waals surface area contributed by atoms with Gasteiger partial charge in [0.25, 0.3) is 0 Å². The van der Waals surface area contributed by atoms with E-state index in [9.17, 15) is 14.4 Å². The second-order valence-electron chi connectivity index (χ2n) is 5.76. The van der Waals surface area contributed by atoms with Gasteiger partial charge in [-0.05, 0) is 33.6 Å². The number of hydrogen-bond acceptors (Lipinski definition) is 4. The molecule has 110 valence electrons. The summed E-state index contributed by atoms with van der Waals surface area (Å²) in [4.78, 5) is 33.5. The summed E-state index contributed by atoms with van der Waals surface area (Å²) >= 11 is 0. The molecule has 0 saturated heterocycles. The Morgan fingerprint density at radius 2 is 1.68 bits per heavy atom. The van der Waals surface area contributed by atoms with Crippen LogP contribution in [0.1, 0.15) is 59.8 Å². The third-order valence-corrected chi connectivity index (χ3v) is 2.54. The van der Waals surface area contributed by atoms with Crippen LogP contribution >= 0.6 is 0 Å². The summed E-state index contributed by atoms with van der Waals surface area (Å²) in [6.07, 6.45) is 1.59. The van der Waals surface area contributed by atoms with E-state index >= 15 is 0 Å². The van der Waals surface area contributed by atoms with Gasteiger partial charge in [-0.3, -0.25) is 14.4 Å². The summed E-state index contributed by atoms with van der Waals surface area (Å²) in [5, 5.41) is 8.69. The van der Waals surface area contributed by atoms with Gasteiger partial charge in [0.2, 0.25) is 0 Å². The van der Waals surface area contributed by atoms with Gasteiger partial charge in [0, 0.05) is 12.8 Å². The highest BCUT2D eigenvalue weighted by atomic mass is 16.6. The summed E-state index contributed by atoms with van der Waals surface area (Å²) in [5.41, 5.74) is -0.531. The zero-order valence-corrected chi connectivity index (χ0v) is 12.2. The van der Waals surface area contributed by atoms with Crippen molar-refractivity contribution >= 4 is 17.7 Å². The number of carbonyl (C=O) groups excluding carboxylic acids is 2. The highest BCUT2D eigenvalue weighted by Gasteiger charge is 2.17. The van der Waals surface area contributed by atoms with Crippen molar-refractivity contribution in [1.29, 1.82) is 0 Å². The van der Waals surface area contributed by atoms with Crippen molar-refractivity contribution in [2.24, 2.45) is 5.92 Å². The van der Waals surface area contributed by atoms with Gasteiger partial charge in [0.05, 0.1) is 12.3 Å². The van der Waals surface area contributed by atoms with Gasteiger partial charge in [-0.25, -0.2) is 0 Å². The Morgan fingerprint density at radius 3 is 2.16 bits per heavy atom. The monoisotopic (exact) mass is 272 g/mol. The lowest BCUT2D eigenvalue weighted by Gasteiger charge is -2.19. The lowest BCUT2D eigenvalue weighted by atomic mass is 10.0. The van der Waals surface area contributed by atoms with Crippen LogP contribution in [0.5, 0.6) is 0 Å². The smallest absolute Gasteiger partial charge is 0.306 e. The first-order valence-corrected chi connectivity index (χ1v) is 6.58. The molecule has 0 saturated carbocycles. The molecular formula is C14H24O5. The maximum Gasteiger partial charge on any atom is 0.306 e. The third-order valence-electron chi connectivity index (χ3n) is 2.54. The van der Waals surface area contributed by atoms with Crippen molar-refractivity contribution in [1.82, 2.24) is 0 Å². The summed E-state index contributed by atoms with van der Waals surface area (Å²) in [7, 11) is 0. The number of esters is 1. The number of carbonyl (C=O) groups is 3. The van der Waals surface area contributed by atoms with Crippen molar-refractivity contribution in [3.63, 3.8) is 0 Å². The van der Waals surface area contributed by atoms with E-state index in [1.165, 1.54) is 0 Å². The van der Waals surface area contributed by atoms with E-state index in [0.717, 1.165) is 0 Å². The number of hydrogen-bond donors (Lipinski definition) is 1. The van der Waals surface area contributed by atoms with Crippen molar-refractivity contribution in [2.75, 3.05) is 0 Å². The molecule has 1 unspecified atom stereocenters. The lowest BCUT2D eigenvalue weighted by molar-refractivity contribution is -0.155. The first-order chi connectivity index (χ1) is 8.61. The van der Waals surface area contributed by atoms with Gasteiger partial charge in [0.1, 0.15) is 11.4 Å². The van der Waals surface area contributed by atoms with E-state index in [1.807, 2.05) is 0 Å². The van der Waals surface area contributed by atoms with Crippen molar-refractivity contribution in [2.45, 2.75) is 65.4 Å². The third kappa shape index (κ3) is 10.2. The normalized spacial score (nSPS) is 12.8. The fourth-order valence-corrected chi connectivity index (χ4v) is 1.49. The van der Waals surface area contributed by atoms with Gasteiger partial charge in [-0.2, -0.15) is 0 Å². The number of carboxylic acid groups (broad SMARTS) is 1. The molecule has 0 spiro atoms. The topological polar surface area (TPSA) is 80.7 Å². The summed E-state index contributed by atoms with van der Waals surface area (Å²) in [6.45, 7) is 6.95. The van der Waals surface area contributed by atoms with Crippen LogP contribution < -0.4 is 0 Å². The Bertz CT molecular complexity index is 327. The zero-order valence-electron chi connectivity index (χ0n) is 12.2. The van der Waals surface area contributed by atoms with E-state index in [2.05, 4.69) is 0 Å². The molecule has 0 aromatic carbocycles. The molecule has 1 atom stereocenters. The van der Waals surface area contributed by atoms with Crippen LogP contribution in [0.15, 0.2) is 0 Å². The molecule has 5 nitrogen and oxygen atoms in total.